The summed E-state index contributed by atoms with van der Waals surface area (Å²) in [6, 6.07) is 20.3. The molecule has 0 radical (unpaired) electrons. The minimum atomic E-state index is 0.792. The zero-order valence-corrected chi connectivity index (χ0v) is 12.0. The Morgan fingerprint density at radius 3 is 1.90 bits per heavy atom. The molecule has 1 heteroatoms. The zero-order chi connectivity index (χ0) is 14.4. The third-order valence-electron chi connectivity index (χ3n) is 3.07. The van der Waals surface area contributed by atoms with Gasteiger partial charge in [-0.05, 0) is 36.6 Å². The van der Waals surface area contributed by atoms with E-state index in [4.69, 9.17) is 0 Å². The molecule has 0 amide bonds. The highest BCUT2D eigenvalue weighted by Gasteiger charge is 1.98. The first kappa shape index (κ1) is 14.0. The van der Waals surface area contributed by atoms with Crippen molar-refractivity contribution in [1.29, 1.82) is 0 Å². The van der Waals surface area contributed by atoms with E-state index >= 15 is 0 Å². The van der Waals surface area contributed by atoms with Crippen LogP contribution in [0.25, 0.3) is 11.3 Å². The van der Waals surface area contributed by atoms with Gasteiger partial charge in [-0.3, -0.25) is 4.99 Å². The van der Waals surface area contributed by atoms with Gasteiger partial charge in [0.1, 0.15) is 0 Å². The molecule has 2 aromatic rings. The van der Waals surface area contributed by atoms with Crippen LogP contribution in [0.15, 0.2) is 78.3 Å². The molecule has 0 unspecified atom stereocenters. The second-order valence-electron chi connectivity index (χ2n) is 4.76. The topological polar surface area (TPSA) is 12.4 Å². The Kier molecular flexibility index (Phi) is 4.67. The maximum atomic E-state index is 4.56. The molecule has 0 N–H and O–H groups in total. The van der Waals surface area contributed by atoms with Crippen molar-refractivity contribution in [3.8, 4) is 0 Å². The molecule has 0 saturated heterocycles. The van der Waals surface area contributed by atoms with E-state index in [2.05, 4.69) is 36.7 Å². The normalized spacial score (nSPS) is 12.3. The van der Waals surface area contributed by atoms with E-state index in [1.165, 1.54) is 11.1 Å². The number of benzene rings is 2. The lowest BCUT2D eigenvalue weighted by molar-refractivity contribution is 1.50. The molecule has 0 aliphatic heterocycles. The largest absolute Gasteiger partial charge is 0.254 e. The van der Waals surface area contributed by atoms with Crippen LogP contribution >= 0.6 is 0 Å². The van der Waals surface area contributed by atoms with E-state index in [0.29, 0.717) is 0 Å². The molecular weight excluding hydrogens is 242 g/mol. The molecule has 20 heavy (non-hydrogen) atoms. The quantitative estimate of drug-likeness (QED) is 0.669. The lowest BCUT2D eigenvalue weighted by Crippen LogP contribution is -1.89. The number of allylic oxidation sites excluding steroid dienone is 2. The van der Waals surface area contributed by atoms with Crippen LogP contribution < -0.4 is 0 Å². The van der Waals surface area contributed by atoms with Crippen molar-refractivity contribution < 1.29 is 0 Å². The number of aliphatic imine (C=N–C) groups is 1. The summed E-state index contributed by atoms with van der Waals surface area (Å²) in [4.78, 5) is 4.56. The van der Waals surface area contributed by atoms with Crippen LogP contribution in [-0.4, -0.2) is 5.71 Å². The highest BCUT2D eigenvalue weighted by atomic mass is 14.7. The van der Waals surface area contributed by atoms with Crippen molar-refractivity contribution in [3.63, 3.8) is 0 Å². The lowest BCUT2D eigenvalue weighted by atomic mass is 10.1. The summed E-state index contributed by atoms with van der Waals surface area (Å²) in [7, 11) is 0. The van der Waals surface area contributed by atoms with E-state index in [1.807, 2.05) is 55.5 Å². The number of hydrogen-bond donors (Lipinski definition) is 0. The van der Waals surface area contributed by atoms with Gasteiger partial charge in [-0.2, -0.15) is 0 Å². The zero-order valence-electron chi connectivity index (χ0n) is 12.0. The van der Waals surface area contributed by atoms with Crippen LogP contribution in [0.4, 0.5) is 0 Å². The molecule has 0 aromatic heterocycles. The minimum absolute atomic E-state index is 0.792. The summed E-state index contributed by atoms with van der Waals surface area (Å²) in [6.07, 6.45) is 2.09. The van der Waals surface area contributed by atoms with Crippen LogP contribution in [0.5, 0.6) is 0 Å². The maximum absolute atomic E-state index is 4.56. The molecule has 0 aliphatic carbocycles. The van der Waals surface area contributed by atoms with Gasteiger partial charge in [-0.1, -0.05) is 67.2 Å². The van der Waals surface area contributed by atoms with Crippen molar-refractivity contribution in [2.75, 3.05) is 0 Å². The van der Waals surface area contributed by atoms with E-state index in [-0.39, 0.29) is 0 Å². The predicted molar refractivity (Wildman–Crippen MR) is 88.7 cm³/mol. The molecule has 0 fully saturated rings. The van der Waals surface area contributed by atoms with Crippen LogP contribution in [0.3, 0.4) is 0 Å². The molecule has 0 aliphatic rings. The Balaban J connectivity index is 2.17. The fourth-order valence-electron chi connectivity index (χ4n) is 2.04. The van der Waals surface area contributed by atoms with Crippen molar-refractivity contribution in [1.82, 2.24) is 0 Å². The van der Waals surface area contributed by atoms with Gasteiger partial charge in [0.2, 0.25) is 0 Å². The first-order valence-corrected chi connectivity index (χ1v) is 6.70. The van der Waals surface area contributed by atoms with Crippen molar-refractivity contribution in [3.05, 3.63) is 84.4 Å². The van der Waals surface area contributed by atoms with E-state index in [1.54, 1.807) is 0 Å². The molecule has 100 valence electrons. The Labute approximate surface area is 121 Å². The molecule has 0 heterocycles. The molecule has 2 aromatic carbocycles. The summed E-state index contributed by atoms with van der Waals surface area (Å²) in [5, 5.41) is 0. The van der Waals surface area contributed by atoms with Crippen molar-refractivity contribution in [2.45, 2.75) is 13.8 Å². The number of rotatable bonds is 4. The molecule has 0 spiro atoms. The second kappa shape index (κ2) is 6.67. The monoisotopic (exact) mass is 261 g/mol. The summed E-state index contributed by atoms with van der Waals surface area (Å²) >= 11 is 0. The van der Waals surface area contributed by atoms with Crippen LogP contribution in [0.2, 0.25) is 0 Å². The first-order chi connectivity index (χ1) is 9.66. The summed E-state index contributed by atoms with van der Waals surface area (Å²) in [5.74, 6) is 0. The number of hydrogen-bond acceptors (Lipinski definition) is 1. The highest BCUT2D eigenvalue weighted by Crippen LogP contribution is 2.16. The Hall–Kier alpha value is -2.41. The first-order valence-electron chi connectivity index (χ1n) is 6.70. The van der Waals surface area contributed by atoms with Crippen LogP contribution in [0, 0.1) is 0 Å². The second-order valence-corrected chi connectivity index (χ2v) is 4.76. The van der Waals surface area contributed by atoms with Gasteiger partial charge < -0.3 is 0 Å². The lowest BCUT2D eigenvalue weighted by Gasteiger charge is -2.03. The number of nitrogens with zero attached hydrogens (tertiary/aromatic N) is 1. The maximum Gasteiger partial charge on any atom is 0.0633 e. The van der Waals surface area contributed by atoms with Crippen LogP contribution in [-0.2, 0) is 0 Å². The molecule has 2 rings (SSSR count). The van der Waals surface area contributed by atoms with Gasteiger partial charge in [0.05, 0.1) is 5.70 Å². The summed E-state index contributed by atoms with van der Waals surface area (Å²) in [6.45, 7) is 8.13. The average Bonchev–Trinajstić information content (AvgIpc) is 2.49. The van der Waals surface area contributed by atoms with E-state index in [0.717, 1.165) is 17.0 Å². The Morgan fingerprint density at radius 1 is 0.850 bits per heavy atom. The molecule has 0 atom stereocenters. The molecule has 0 bridgehead atoms. The Morgan fingerprint density at radius 2 is 1.35 bits per heavy atom. The minimum Gasteiger partial charge on any atom is -0.254 e. The van der Waals surface area contributed by atoms with Crippen molar-refractivity contribution >= 4 is 17.0 Å². The molecule has 1 nitrogen and oxygen atoms in total. The van der Waals surface area contributed by atoms with E-state index in [9.17, 15) is 0 Å². The third kappa shape index (κ3) is 3.79. The van der Waals surface area contributed by atoms with Crippen LogP contribution in [0.1, 0.15) is 25.0 Å². The van der Waals surface area contributed by atoms with Gasteiger partial charge in [-0.25, -0.2) is 0 Å². The Bertz CT molecular complexity index is 634. The van der Waals surface area contributed by atoms with Gasteiger partial charge in [0, 0.05) is 5.71 Å². The standard InChI is InChI=1S/C19H19N/c1-15(18-10-6-4-7-11-18)14-16(2)20-17(3)19-12-8-5-9-13-19/h4-14H,3H2,1-2H3/b15-14+,20-16?. The fourth-order valence-corrected chi connectivity index (χ4v) is 2.04. The predicted octanol–water partition coefficient (Wildman–Crippen LogP) is 5.22. The summed E-state index contributed by atoms with van der Waals surface area (Å²) in [5.41, 5.74) is 5.22. The molecular formula is C19H19N. The van der Waals surface area contributed by atoms with Gasteiger partial charge >= 0.3 is 0 Å². The average molecular weight is 261 g/mol. The van der Waals surface area contributed by atoms with E-state index < -0.39 is 0 Å². The third-order valence-corrected chi connectivity index (χ3v) is 3.07. The molecule has 0 saturated carbocycles. The fraction of sp³-hybridized carbons (Fsp3) is 0.105. The smallest absolute Gasteiger partial charge is 0.0633 e. The van der Waals surface area contributed by atoms with Crippen molar-refractivity contribution in [2.24, 2.45) is 4.99 Å². The summed E-state index contributed by atoms with van der Waals surface area (Å²) < 4.78 is 0. The van der Waals surface area contributed by atoms with Gasteiger partial charge in [0.25, 0.3) is 0 Å². The SMILES string of the molecule is C=C(N=C(C)/C=C(\C)c1ccccc1)c1ccccc1. The van der Waals surface area contributed by atoms with Gasteiger partial charge in [0.15, 0.2) is 0 Å². The highest BCUT2D eigenvalue weighted by molar-refractivity contribution is 6.01. The van der Waals surface area contributed by atoms with Gasteiger partial charge in [-0.15, -0.1) is 0 Å².